The molecule has 0 atom stereocenters. The number of hydrogen-bond donors (Lipinski definition) is 0. The van der Waals surface area contributed by atoms with Gasteiger partial charge in [-0.25, -0.2) is 9.97 Å². The van der Waals surface area contributed by atoms with Crippen LogP contribution in [-0.4, -0.2) is 15.0 Å². The monoisotopic (exact) mass is 561 g/mol. The summed E-state index contributed by atoms with van der Waals surface area (Å²) in [5, 5.41) is 3.21. The SMILES string of the molecule is Cc1cc(-c2cc(-c3cccc(-c4nc5ccccc5s4)c3)c3cccnc3c2)cc(-c2nc3ccccc3s2)c1. The van der Waals surface area contributed by atoms with Crippen LogP contribution < -0.4 is 0 Å². The molecule has 0 fully saturated rings. The molecule has 0 aliphatic heterocycles. The van der Waals surface area contributed by atoms with E-state index in [9.17, 15) is 0 Å². The maximum atomic E-state index is 4.93. The molecule has 0 saturated carbocycles. The third kappa shape index (κ3) is 4.40. The number of benzene rings is 5. The van der Waals surface area contributed by atoms with E-state index in [-0.39, 0.29) is 0 Å². The number of aromatic nitrogens is 3. The molecule has 0 aliphatic carbocycles. The van der Waals surface area contributed by atoms with E-state index in [0.717, 1.165) is 65.3 Å². The number of pyridine rings is 1. The number of fused-ring (bicyclic) bond motifs is 3. The molecule has 3 nitrogen and oxygen atoms in total. The van der Waals surface area contributed by atoms with E-state index in [1.807, 2.05) is 24.4 Å². The highest BCUT2D eigenvalue weighted by atomic mass is 32.1. The van der Waals surface area contributed by atoms with Crippen molar-refractivity contribution in [3.63, 3.8) is 0 Å². The predicted octanol–water partition coefficient (Wildman–Crippen LogP) is 10.4. The second-order valence-electron chi connectivity index (χ2n) is 10.2. The van der Waals surface area contributed by atoms with Crippen molar-refractivity contribution in [3.05, 3.63) is 127 Å². The maximum absolute atomic E-state index is 4.93. The third-order valence-electron chi connectivity index (χ3n) is 7.39. The molecule has 3 heterocycles. The van der Waals surface area contributed by atoms with Crippen LogP contribution >= 0.6 is 22.7 Å². The van der Waals surface area contributed by atoms with Gasteiger partial charge in [0.05, 0.1) is 25.9 Å². The first-order valence-electron chi connectivity index (χ1n) is 13.5. The Labute approximate surface area is 245 Å². The lowest BCUT2D eigenvalue weighted by Gasteiger charge is -2.13. The second kappa shape index (κ2) is 9.73. The first-order chi connectivity index (χ1) is 20.2. The average Bonchev–Trinajstić information content (AvgIpc) is 3.65. The van der Waals surface area contributed by atoms with Crippen molar-refractivity contribution in [3.8, 4) is 43.4 Å². The molecule has 0 amide bonds. The number of nitrogens with zero attached hydrogens (tertiary/aromatic N) is 3. The van der Waals surface area contributed by atoms with Crippen LogP contribution in [0.15, 0.2) is 121 Å². The molecule has 194 valence electrons. The normalized spacial score (nSPS) is 11.5. The van der Waals surface area contributed by atoms with Crippen LogP contribution in [0.25, 0.3) is 74.7 Å². The van der Waals surface area contributed by atoms with Crippen LogP contribution in [0, 0.1) is 6.92 Å². The van der Waals surface area contributed by atoms with E-state index in [4.69, 9.17) is 15.0 Å². The summed E-state index contributed by atoms with van der Waals surface area (Å²) in [7, 11) is 0. The summed E-state index contributed by atoms with van der Waals surface area (Å²) in [6, 6.07) is 40.8. The number of rotatable bonds is 4. The number of thiazole rings is 2. The Kier molecular flexibility index (Phi) is 5.73. The number of aryl methyl sites for hydroxylation is 1. The molecular formula is C36H23N3S2. The van der Waals surface area contributed by atoms with Gasteiger partial charge in [-0.15, -0.1) is 22.7 Å². The van der Waals surface area contributed by atoms with Gasteiger partial charge in [-0.1, -0.05) is 54.6 Å². The molecule has 0 spiro atoms. The highest BCUT2D eigenvalue weighted by molar-refractivity contribution is 7.22. The topological polar surface area (TPSA) is 38.7 Å². The van der Waals surface area contributed by atoms with Crippen LogP contribution in [-0.2, 0) is 0 Å². The molecule has 8 rings (SSSR count). The Bertz CT molecular complexity index is 2180. The maximum Gasteiger partial charge on any atom is 0.124 e. The second-order valence-corrected chi connectivity index (χ2v) is 12.3. The van der Waals surface area contributed by atoms with E-state index in [0.29, 0.717) is 0 Å². The standard InChI is InChI=1S/C36H23N3S2/c1-22-16-25(19-27(17-22)36-39-31-12-3-5-14-34(31)41-36)26-20-29(28-10-7-15-37-32(28)21-26)23-8-6-9-24(18-23)35-38-30-11-2-4-13-33(30)40-35/h2-21H,1H3. The minimum Gasteiger partial charge on any atom is -0.256 e. The van der Waals surface area contributed by atoms with E-state index in [2.05, 4.69) is 104 Å². The molecule has 5 heteroatoms. The molecule has 41 heavy (non-hydrogen) atoms. The highest BCUT2D eigenvalue weighted by Crippen LogP contribution is 2.39. The van der Waals surface area contributed by atoms with Gasteiger partial charge in [-0.2, -0.15) is 0 Å². The van der Waals surface area contributed by atoms with E-state index >= 15 is 0 Å². The number of para-hydroxylation sites is 2. The zero-order valence-corrected chi connectivity index (χ0v) is 23.8. The van der Waals surface area contributed by atoms with E-state index < -0.39 is 0 Å². The minimum atomic E-state index is 0.980. The Balaban J connectivity index is 1.27. The summed E-state index contributed by atoms with van der Waals surface area (Å²) in [6.07, 6.45) is 1.87. The van der Waals surface area contributed by atoms with E-state index in [1.165, 1.54) is 15.0 Å². The van der Waals surface area contributed by atoms with Crippen molar-refractivity contribution in [1.82, 2.24) is 15.0 Å². The van der Waals surface area contributed by atoms with Crippen molar-refractivity contribution in [2.45, 2.75) is 6.92 Å². The van der Waals surface area contributed by atoms with Crippen molar-refractivity contribution in [2.24, 2.45) is 0 Å². The van der Waals surface area contributed by atoms with Gasteiger partial charge in [0.1, 0.15) is 10.0 Å². The Morgan fingerprint density at radius 3 is 1.88 bits per heavy atom. The molecule has 0 radical (unpaired) electrons. The molecule has 3 aromatic heterocycles. The predicted molar refractivity (Wildman–Crippen MR) is 175 cm³/mol. The fourth-order valence-corrected chi connectivity index (χ4v) is 7.39. The van der Waals surface area contributed by atoms with Gasteiger partial charge in [-0.05, 0) is 95.4 Å². The molecule has 5 aromatic carbocycles. The first-order valence-corrected chi connectivity index (χ1v) is 15.1. The van der Waals surface area contributed by atoms with Gasteiger partial charge in [0.2, 0.25) is 0 Å². The molecule has 0 N–H and O–H groups in total. The summed E-state index contributed by atoms with van der Waals surface area (Å²) < 4.78 is 2.41. The van der Waals surface area contributed by atoms with Crippen molar-refractivity contribution < 1.29 is 0 Å². The van der Waals surface area contributed by atoms with Crippen molar-refractivity contribution in [2.75, 3.05) is 0 Å². The van der Waals surface area contributed by atoms with Crippen LogP contribution in [0.3, 0.4) is 0 Å². The smallest absolute Gasteiger partial charge is 0.124 e. The fraction of sp³-hybridized carbons (Fsp3) is 0.0278. The fourth-order valence-electron chi connectivity index (χ4n) is 5.47. The molecule has 8 aromatic rings. The molecule has 0 aliphatic rings. The van der Waals surface area contributed by atoms with Crippen LogP contribution in [0.4, 0.5) is 0 Å². The van der Waals surface area contributed by atoms with Gasteiger partial charge < -0.3 is 0 Å². The molecular weight excluding hydrogens is 539 g/mol. The van der Waals surface area contributed by atoms with Crippen LogP contribution in [0.2, 0.25) is 0 Å². The first kappa shape index (κ1) is 24.1. The molecule has 0 saturated heterocycles. The van der Waals surface area contributed by atoms with Gasteiger partial charge in [0.15, 0.2) is 0 Å². The lowest BCUT2D eigenvalue weighted by Crippen LogP contribution is -1.89. The Morgan fingerprint density at radius 2 is 1.12 bits per heavy atom. The lowest BCUT2D eigenvalue weighted by atomic mass is 9.93. The molecule has 0 unspecified atom stereocenters. The Morgan fingerprint density at radius 1 is 0.488 bits per heavy atom. The zero-order chi connectivity index (χ0) is 27.3. The summed E-state index contributed by atoms with van der Waals surface area (Å²) in [4.78, 5) is 14.6. The third-order valence-corrected chi connectivity index (χ3v) is 9.56. The van der Waals surface area contributed by atoms with Crippen LogP contribution in [0.5, 0.6) is 0 Å². The van der Waals surface area contributed by atoms with Gasteiger partial charge >= 0.3 is 0 Å². The van der Waals surface area contributed by atoms with Crippen LogP contribution in [0.1, 0.15) is 5.56 Å². The minimum absolute atomic E-state index is 0.980. The highest BCUT2D eigenvalue weighted by Gasteiger charge is 2.14. The zero-order valence-electron chi connectivity index (χ0n) is 22.2. The van der Waals surface area contributed by atoms with Gasteiger partial charge in [0.25, 0.3) is 0 Å². The van der Waals surface area contributed by atoms with Crippen molar-refractivity contribution >= 4 is 54.0 Å². The largest absolute Gasteiger partial charge is 0.256 e. The van der Waals surface area contributed by atoms with Gasteiger partial charge in [-0.3, -0.25) is 4.98 Å². The summed E-state index contributed by atoms with van der Waals surface area (Å²) in [5.41, 5.74) is 11.2. The summed E-state index contributed by atoms with van der Waals surface area (Å²) in [5.74, 6) is 0. The lowest BCUT2D eigenvalue weighted by molar-refractivity contribution is 1.40. The quantitative estimate of drug-likeness (QED) is 0.215. The number of hydrogen-bond acceptors (Lipinski definition) is 5. The summed E-state index contributed by atoms with van der Waals surface area (Å²) in [6.45, 7) is 2.15. The van der Waals surface area contributed by atoms with Crippen molar-refractivity contribution in [1.29, 1.82) is 0 Å². The van der Waals surface area contributed by atoms with Gasteiger partial charge in [0, 0.05) is 22.7 Å². The average molecular weight is 562 g/mol. The summed E-state index contributed by atoms with van der Waals surface area (Å²) >= 11 is 3.47. The Hall–Kier alpha value is -4.71. The van der Waals surface area contributed by atoms with E-state index in [1.54, 1.807) is 22.7 Å². The molecule has 0 bridgehead atoms.